The van der Waals surface area contributed by atoms with Crippen LogP contribution < -0.4 is 10.1 Å². The van der Waals surface area contributed by atoms with Gasteiger partial charge < -0.3 is 14.6 Å². The molecule has 0 saturated heterocycles. The maximum absolute atomic E-state index is 6.00. The Balaban J connectivity index is 2.13. The number of aryl methyl sites for hydroxylation is 1. The first-order valence-electron chi connectivity index (χ1n) is 7.09. The summed E-state index contributed by atoms with van der Waals surface area (Å²) >= 11 is 5.99. The fourth-order valence-electron chi connectivity index (χ4n) is 2.07. The van der Waals surface area contributed by atoms with Gasteiger partial charge in [-0.3, -0.25) is 0 Å². The number of para-hydroxylation sites is 1. The van der Waals surface area contributed by atoms with Crippen molar-refractivity contribution in [2.75, 3.05) is 0 Å². The van der Waals surface area contributed by atoms with Crippen molar-refractivity contribution in [3.63, 3.8) is 0 Å². The summed E-state index contributed by atoms with van der Waals surface area (Å²) in [6, 6.07) is 6.63. The zero-order valence-corrected chi connectivity index (χ0v) is 13.7. The summed E-state index contributed by atoms with van der Waals surface area (Å²) in [7, 11) is 1.88. The first-order chi connectivity index (χ1) is 9.99. The van der Waals surface area contributed by atoms with E-state index in [1.807, 2.05) is 11.6 Å². The number of hydrogen-bond acceptors (Lipinski definition) is 3. The van der Waals surface area contributed by atoms with Crippen LogP contribution in [0.15, 0.2) is 24.4 Å². The van der Waals surface area contributed by atoms with Gasteiger partial charge in [0.15, 0.2) is 0 Å². The molecule has 0 radical (unpaired) electrons. The van der Waals surface area contributed by atoms with Crippen molar-refractivity contribution in [3.8, 4) is 5.75 Å². The van der Waals surface area contributed by atoms with Crippen LogP contribution in [0.3, 0.4) is 0 Å². The number of benzene rings is 1. The number of halogens is 1. The Labute approximate surface area is 131 Å². The number of hydrogen-bond donors (Lipinski definition) is 1. The van der Waals surface area contributed by atoms with E-state index < -0.39 is 0 Å². The molecule has 0 aliphatic heterocycles. The maximum Gasteiger partial charge on any atom is 0.147 e. The van der Waals surface area contributed by atoms with Gasteiger partial charge in [0.25, 0.3) is 0 Å². The first kappa shape index (κ1) is 15.9. The van der Waals surface area contributed by atoms with Crippen molar-refractivity contribution in [2.24, 2.45) is 7.05 Å². The highest BCUT2D eigenvalue weighted by Gasteiger charge is 2.10. The number of rotatable bonds is 6. The molecule has 5 heteroatoms. The second-order valence-electron chi connectivity index (χ2n) is 5.44. The molecule has 0 amide bonds. The average molecular weight is 308 g/mol. The topological polar surface area (TPSA) is 39.1 Å². The molecular formula is C16H22ClN3O. The molecule has 0 spiro atoms. The summed E-state index contributed by atoms with van der Waals surface area (Å²) in [6.07, 6.45) is 1.64. The highest BCUT2D eigenvalue weighted by Crippen LogP contribution is 2.24. The minimum atomic E-state index is 0.406. The maximum atomic E-state index is 6.00. The van der Waals surface area contributed by atoms with Gasteiger partial charge in [-0.05, 0) is 12.5 Å². The van der Waals surface area contributed by atoms with Crippen LogP contribution >= 0.6 is 11.6 Å². The van der Waals surface area contributed by atoms with Crippen LogP contribution in [0, 0.1) is 6.92 Å². The van der Waals surface area contributed by atoms with Gasteiger partial charge >= 0.3 is 0 Å². The van der Waals surface area contributed by atoms with Crippen LogP contribution in [-0.2, 0) is 20.2 Å². The molecule has 1 aromatic heterocycles. The van der Waals surface area contributed by atoms with Crippen LogP contribution in [0.5, 0.6) is 5.75 Å². The molecule has 0 unspecified atom stereocenters. The predicted molar refractivity (Wildman–Crippen MR) is 85.7 cm³/mol. The quantitative estimate of drug-likeness (QED) is 0.888. The van der Waals surface area contributed by atoms with Gasteiger partial charge in [0, 0.05) is 25.2 Å². The third kappa shape index (κ3) is 3.99. The van der Waals surface area contributed by atoms with Gasteiger partial charge in [-0.25, -0.2) is 4.98 Å². The third-order valence-electron chi connectivity index (χ3n) is 3.37. The predicted octanol–water partition coefficient (Wildman–Crippen LogP) is 3.46. The molecule has 0 fully saturated rings. The van der Waals surface area contributed by atoms with Gasteiger partial charge in [0.05, 0.1) is 6.20 Å². The van der Waals surface area contributed by atoms with Crippen molar-refractivity contribution in [2.45, 2.75) is 40.0 Å². The molecule has 0 bridgehead atoms. The lowest BCUT2D eigenvalue weighted by Crippen LogP contribution is -2.22. The van der Waals surface area contributed by atoms with Crippen LogP contribution in [0.4, 0.5) is 0 Å². The average Bonchev–Trinajstić information content (AvgIpc) is 2.75. The standard InChI is InChI=1S/C16H22ClN3O/c1-11(2)18-8-13-7-5-6-12(3)16(13)21-10-15-19-9-14(17)20(15)4/h5-7,9,11,18H,8,10H2,1-4H3. The Kier molecular flexibility index (Phi) is 5.26. The van der Waals surface area contributed by atoms with Gasteiger partial charge in [0.1, 0.15) is 23.3 Å². The van der Waals surface area contributed by atoms with Gasteiger partial charge in [-0.2, -0.15) is 0 Å². The number of ether oxygens (including phenoxy) is 1. The summed E-state index contributed by atoms with van der Waals surface area (Å²) in [4.78, 5) is 4.25. The fraction of sp³-hybridized carbons (Fsp3) is 0.438. The van der Waals surface area contributed by atoms with Crippen LogP contribution in [0.2, 0.25) is 5.15 Å². The molecule has 0 aliphatic rings. The minimum Gasteiger partial charge on any atom is -0.485 e. The molecule has 1 aromatic carbocycles. The summed E-state index contributed by atoms with van der Waals surface area (Å²) in [5, 5.41) is 4.03. The summed E-state index contributed by atoms with van der Waals surface area (Å²) in [5.41, 5.74) is 2.28. The van der Waals surface area contributed by atoms with E-state index in [2.05, 4.69) is 49.3 Å². The van der Waals surface area contributed by atoms with Gasteiger partial charge in [-0.1, -0.05) is 43.6 Å². The van der Waals surface area contributed by atoms with Crippen molar-refractivity contribution < 1.29 is 4.74 Å². The zero-order valence-electron chi connectivity index (χ0n) is 13.0. The largest absolute Gasteiger partial charge is 0.485 e. The number of nitrogens with zero attached hydrogens (tertiary/aromatic N) is 2. The van der Waals surface area contributed by atoms with Gasteiger partial charge in [-0.15, -0.1) is 0 Å². The SMILES string of the molecule is Cc1cccc(CNC(C)C)c1OCc1ncc(Cl)n1C. The van der Waals surface area contributed by atoms with Crippen molar-refractivity contribution in [1.82, 2.24) is 14.9 Å². The summed E-state index contributed by atoms with van der Waals surface area (Å²) < 4.78 is 7.82. The van der Waals surface area contributed by atoms with E-state index in [1.165, 1.54) is 0 Å². The zero-order chi connectivity index (χ0) is 15.4. The van der Waals surface area contributed by atoms with E-state index in [-0.39, 0.29) is 0 Å². The van der Waals surface area contributed by atoms with Crippen molar-refractivity contribution in [3.05, 3.63) is 46.5 Å². The van der Waals surface area contributed by atoms with E-state index >= 15 is 0 Å². The molecule has 1 heterocycles. The van der Waals surface area contributed by atoms with Crippen LogP contribution in [0.1, 0.15) is 30.8 Å². The molecule has 0 aliphatic carbocycles. The Morgan fingerprint density at radius 2 is 2.14 bits per heavy atom. The number of imidazole rings is 1. The smallest absolute Gasteiger partial charge is 0.147 e. The molecular weight excluding hydrogens is 286 g/mol. The molecule has 114 valence electrons. The van der Waals surface area contributed by atoms with E-state index in [0.717, 1.165) is 29.2 Å². The van der Waals surface area contributed by atoms with Gasteiger partial charge in [0.2, 0.25) is 0 Å². The van der Waals surface area contributed by atoms with Crippen molar-refractivity contribution >= 4 is 11.6 Å². The molecule has 4 nitrogen and oxygen atoms in total. The Morgan fingerprint density at radius 3 is 2.76 bits per heavy atom. The molecule has 2 rings (SSSR count). The molecule has 21 heavy (non-hydrogen) atoms. The molecule has 0 saturated carbocycles. The minimum absolute atomic E-state index is 0.406. The Bertz CT molecular complexity index is 608. The third-order valence-corrected chi connectivity index (χ3v) is 3.72. The second-order valence-corrected chi connectivity index (χ2v) is 5.83. The Morgan fingerprint density at radius 1 is 1.38 bits per heavy atom. The fourth-order valence-corrected chi connectivity index (χ4v) is 2.21. The lowest BCUT2D eigenvalue weighted by atomic mass is 10.1. The normalized spacial score (nSPS) is 11.1. The summed E-state index contributed by atoms with van der Waals surface area (Å²) in [5.74, 6) is 1.73. The summed E-state index contributed by atoms with van der Waals surface area (Å²) in [6.45, 7) is 7.51. The first-order valence-corrected chi connectivity index (χ1v) is 7.47. The van der Waals surface area contributed by atoms with E-state index in [1.54, 1.807) is 6.20 Å². The lowest BCUT2D eigenvalue weighted by molar-refractivity contribution is 0.286. The Hall–Kier alpha value is -1.52. The van der Waals surface area contributed by atoms with E-state index in [0.29, 0.717) is 17.8 Å². The van der Waals surface area contributed by atoms with Crippen molar-refractivity contribution in [1.29, 1.82) is 0 Å². The molecule has 2 aromatic rings. The number of aromatic nitrogens is 2. The van der Waals surface area contributed by atoms with E-state index in [9.17, 15) is 0 Å². The highest BCUT2D eigenvalue weighted by molar-refractivity contribution is 6.29. The van der Waals surface area contributed by atoms with Crippen LogP contribution in [-0.4, -0.2) is 15.6 Å². The molecule has 1 N–H and O–H groups in total. The van der Waals surface area contributed by atoms with E-state index in [4.69, 9.17) is 16.3 Å². The lowest BCUT2D eigenvalue weighted by Gasteiger charge is -2.16. The second kappa shape index (κ2) is 6.96. The van der Waals surface area contributed by atoms with Crippen LogP contribution in [0.25, 0.3) is 0 Å². The number of nitrogens with one attached hydrogen (secondary N) is 1. The molecule has 0 atom stereocenters. The highest BCUT2D eigenvalue weighted by atomic mass is 35.5. The monoisotopic (exact) mass is 307 g/mol.